The van der Waals surface area contributed by atoms with Gasteiger partial charge in [0.25, 0.3) is 5.56 Å². The van der Waals surface area contributed by atoms with Gasteiger partial charge in [-0.1, -0.05) is 19.3 Å². The normalized spacial score (nSPS) is 22.6. The molecular weight excluding hydrogens is 340 g/mol. The number of aromatic amines is 1. The molecule has 6 nitrogen and oxygen atoms in total. The van der Waals surface area contributed by atoms with Crippen LogP contribution in [0.15, 0.2) is 4.79 Å². The molecule has 1 aromatic rings. The smallest absolute Gasteiger partial charge is 0.255 e. The first kappa shape index (κ1) is 18.7. The van der Waals surface area contributed by atoms with E-state index in [9.17, 15) is 9.59 Å². The van der Waals surface area contributed by atoms with Crippen molar-refractivity contribution in [2.45, 2.75) is 70.8 Å². The van der Waals surface area contributed by atoms with Crippen LogP contribution in [0.4, 0.5) is 0 Å². The number of nitrogens with zero attached hydrogens (tertiary/aromatic N) is 3. The van der Waals surface area contributed by atoms with Crippen LogP contribution in [-0.2, 0) is 17.8 Å². The Bertz CT molecular complexity index is 730. The van der Waals surface area contributed by atoms with Gasteiger partial charge < -0.3 is 9.88 Å². The fourth-order valence-electron chi connectivity index (χ4n) is 5.05. The summed E-state index contributed by atoms with van der Waals surface area (Å²) in [4.78, 5) is 36.5. The predicted octanol–water partition coefficient (Wildman–Crippen LogP) is 2.43. The minimum atomic E-state index is 0.0531. The van der Waals surface area contributed by atoms with E-state index >= 15 is 0 Å². The van der Waals surface area contributed by atoms with Crippen molar-refractivity contribution < 1.29 is 4.79 Å². The van der Waals surface area contributed by atoms with Gasteiger partial charge in [-0.05, 0) is 31.6 Å². The van der Waals surface area contributed by atoms with Gasteiger partial charge in [0.05, 0.1) is 11.3 Å². The van der Waals surface area contributed by atoms with Crippen molar-refractivity contribution in [1.29, 1.82) is 0 Å². The standard InChI is InChI=1S/C21H32N4O2/c1-15(26)25-11-7-17(8-12-25)20-22-19-9-10-24(14-18(19)21(27)23-20)13-16-5-3-2-4-6-16/h16-17H,2-14H2,1H3,(H,22,23,27). The van der Waals surface area contributed by atoms with Gasteiger partial charge in [-0.2, -0.15) is 0 Å². The largest absolute Gasteiger partial charge is 0.343 e. The maximum atomic E-state index is 12.8. The second kappa shape index (κ2) is 8.13. The third-order valence-corrected chi connectivity index (χ3v) is 6.73. The summed E-state index contributed by atoms with van der Waals surface area (Å²) in [6.07, 6.45) is 9.45. The van der Waals surface area contributed by atoms with Gasteiger partial charge in [0, 0.05) is 52.0 Å². The summed E-state index contributed by atoms with van der Waals surface area (Å²) in [7, 11) is 0. The Morgan fingerprint density at radius 1 is 1.11 bits per heavy atom. The third kappa shape index (κ3) is 4.26. The average Bonchev–Trinajstić information content (AvgIpc) is 2.69. The van der Waals surface area contributed by atoms with Crippen molar-refractivity contribution in [3.63, 3.8) is 0 Å². The van der Waals surface area contributed by atoms with Gasteiger partial charge in [-0.25, -0.2) is 4.98 Å². The summed E-state index contributed by atoms with van der Waals surface area (Å²) < 4.78 is 0. The molecule has 0 radical (unpaired) electrons. The second-order valence-electron chi connectivity index (χ2n) is 8.65. The number of hydrogen-bond acceptors (Lipinski definition) is 4. The summed E-state index contributed by atoms with van der Waals surface area (Å²) in [6, 6.07) is 0. The third-order valence-electron chi connectivity index (χ3n) is 6.73. The summed E-state index contributed by atoms with van der Waals surface area (Å²) >= 11 is 0. The van der Waals surface area contributed by atoms with Gasteiger partial charge in [0.2, 0.25) is 5.91 Å². The highest BCUT2D eigenvalue weighted by molar-refractivity contribution is 5.73. The van der Waals surface area contributed by atoms with Crippen molar-refractivity contribution in [2.75, 3.05) is 26.2 Å². The molecule has 0 aromatic carbocycles. The number of amides is 1. The molecule has 2 fully saturated rings. The Morgan fingerprint density at radius 3 is 2.56 bits per heavy atom. The number of aromatic nitrogens is 2. The molecule has 4 rings (SSSR count). The molecule has 6 heteroatoms. The summed E-state index contributed by atoms with van der Waals surface area (Å²) in [5.74, 6) is 2.04. The number of hydrogen-bond donors (Lipinski definition) is 1. The number of fused-ring (bicyclic) bond motifs is 1. The van der Waals surface area contributed by atoms with E-state index in [2.05, 4.69) is 9.88 Å². The van der Waals surface area contributed by atoms with Gasteiger partial charge >= 0.3 is 0 Å². The van der Waals surface area contributed by atoms with Crippen molar-refractivity contribution in [2.24, 2.45) is 5.92 Å². The lowest BCUT2D eigenvalue weighted by atomic mass is 9.88. The minimum Gasteiger partial charge on any atom is -0.343 e. The monoisotopic (exact) mass is 372 g/mol. The Labute approximate surface area is 161 Å². The van der Waals surface area contributed by atoms with E-state index < -0.39 is 0 Å². The first-order chi connectivity index (χ1) is 13.1. The van der Waals surface area contributed by atoms with Gasteiger partial charge in [-0.15, -0.1) is 0 Å². The van der Waals surface area contributed by atoms with E-state index in [0.717, 1.165) is 75.0 Å². The van der Waals surface area contributed by atoms with E-state index in [1.807, 2.05) is 4.90 Å². The minimum absolute atomic E-state index is 0.0531. The molecule has 3 aliphatic rings. The Kier molecular flexibility index (Phi) is 5.62. The van der Waals surface area contributed by atoms with Gasteiger partial charge in [-0.3, -0.25) is 14.5 Å². The lowest BCUT2D eigenvalue weighted by Gasteiger charge is -2.33. The average molecular weight is 373 g/mol. The van der Waals surface area contributed by atoms with Crippen LogP contribution >= 0.6 is 0 Å². The molecule has 0 bridgehead atoms. The Morgan fingerprint density at radius 2 is 1.85 bits per heavy atom. The summed E-state index contributed by atoms with van der Waals surface area (Å²) in [6.45, 7) is 6.04. The Balaban J connectivity index is 1.42. The fraction of sp³-hybridized carbons (Fsp3) is 0.762. The zero-order chi connectivity index (χ0) is 18.8. The highest BCUT2D eigenvalue weighted by Gasteiger charge is 2.27. The first-order valence-electron chi connectivity index (χ1n) is 10.7. The maximum Gasteiger partial charge on any atom is 0.255 e. The molecule has 2 aliphatic heterocycles. The maximum absolute atomic E-state index is 12.8. The van der Waals surface area contributed by atoms with Crippen LogP contribution < -0.4 is 5.56 Å². The van der Waals surface area contributed by atoms with E-state index in [0.29, 0.717) is 0 Å². The van der Waals surface area contributed by atoms with Crippen molar-refractivity contribution in [3.8, 4) is 0 Å². The van der Waals surface area contributed by atoms with Crippen molar-refractivity contribution >= 4 is 5.91 Å². The number of H-pyrrole nitrogens is 1. The van der Waals surface area contributed by atoms with Crippen LogP contribution in [0.3, 0.4) is 0 Å². The zero-order valence-electron chi connectivity index (χ0n) is 16.5. The molecule has 1 saturated carbocycles. The highest BCUT2D eigenvalue weighted by atomic mass is 16.2. The number of piperidine rings is 1. The second-order valence-corrected chi connectivity index (χ2v) is 8.65. The van der Waals surface area contributed by atoms with Crippen LogP contribution in [-0.4, -0.2) is 51.9 Å². The highest BCUT2D eigenvalue weighted by Crippen LogP contribution is 2.28. The molecule has 1 N–H and O–H groups in total. The molecule has 1 aliphatic carbocycles. The van der Waals surface area contributed by atoms with E-state index in [4.69, 9.17) is 4.98 Å². The molecular formula is C21H32N4O2. The SMILES string of the molecule is CC(=O)N1CCC(c2nc3c(c(=O)[nH]2)CN(CC2CCCCC2)CC3)CC1. The molecule has 3 heterocycles. The van der Waals surface area contributed by atoms with Crippen LogP contribution in [0.5, 0.6) is 0 Å². The number of carbonyl (C=O) groups is 1. The number of rotatable bonds is 3. The van der Waals surface area contributed by atoms with Gasteiger partial charge in [0.1, 0.15) is 5.82 Å². The quantitative estimate of drug-likeness (QED) is 0.885. The zero-order valence-corrected chi connectivity index (χ0v) is 16.5. The van der Waals surface area contributed by atoms with Crippen molar-refractivity contribution in [1.82, 2.24) is 19.8 Å². The van der Waals surface area contributed by atoms with E-state index in [1.165, 1.54) is 32.1 Å². The molecule has 1 saturated heterocycles. The Hall–Kier alpha value is -1.69. The summed E-state index contributed by atoms with van der Waals surface area (Å²) in [5, 5.41) is 0. The van der Waals surface area contributed by atoms with Gasteiger partial charge in [0.15, 0.2) is 0 Å². The molecule has 0 atom stereocenters. The molecule has 27 heavy (non-hydrogen) atoms. The molecule has 1 aromatic heterocycles. The number of likely N-dealkylation sites (tertiary alicyclic amines) is 1. The summed E-state index contributed by atoms with van der Waals surface area (Å²) in [5.41, 5.74) is 1.93. The molecule has 148 valence electrons. The molecule has 0 spiro atoms. The molecule has 1 amide bonds. The lowest BCUT2D eigenvalue weighted by molar-refractivity contribution is -0.129. The lowest BCUT2D eigenvalue weighted by Crippen LogP contribution is -2.40. The van der Waals surface area contributed by atoms with E-state index in [-0.39, 0.29) is 17.4 Å². The first-order valence-corrected chi connectivity index (χ1v) is 10.7. The fourth-order valence-corrected chi connectivity index (χ4v) is 5.05. The van der Waals surface area contributed by atoms with Crippen LogP contribution in [0, 0.1) is 5.92 Å². The number of carbonyl (C=O) groups excluding carboxylic acids is 1. The van der Waals surface area contributed by atoms with Crippen LogP contribution in [0.2, 0.25) is 0 Å². The van der Waals surface area contributed by atoms with E-state index in [1.54, 1.807) is 6.92 Å². The van der Waals surface area contributed by atoms with Crippen LogP contribution in [0.25, 0.3) is 0 Å². The predicted molar refractivity (Wildman–Crippen MR) is 105 cm³/mol. The topological polar surface area (TPSA) is 69.3 Å². The molecule has 0 unspecified atom stereocenters. The van der Waals surface area contributed by atoms with Crippen LogP contribution in [0.1, 0.15) is 74.9 Å². The number of nitrogens with one attached hydrogen (secondary N) is 1. The van der Waals surface area contributed by atoms with Crippen molar-refractivity contribution in [3.05, 3.63) is 27.4 Å².